The molecule has 1 aliphatic carbocycles. The number of rotatable bonds is 4. The molecule has 1 heterocycles. The fourth-order valence-corrected chi connectivity index (χ4v) is 3.81. The van der Waals surface area contributed by atoms with Gasteiger partial charge in [0.05, 0.1) is 5.41 Å². The van der Waals surface area contributed by atoms with Crippen LogP contribution in [0.3, 0.4) is 0 Å². The molecule has 2 aromatic rings. The van der Waals surface area contributed by atoms with Gasteiger partial charge in [0.15, 0.2) is 0 Å². The Labute approximate surface area is 158 Å². The number of benzene rings is 2. The summed E-state index contributed by atoms with van der Waals surface area (Å²) in [5, 5.41) is 3.60. The molecule has 1 atom stereocenters. The summed E-state index contributed by atoms with van der Waals surface area (Å²) in [7, 11) is 0. The van der Waals surface area contributed by atoms with Gasteiger partial charge in [0.2, 0.25) is 11.8 Å². The highest BCUT2D eigenvalue weighted by molar-refractivity contribution is 6.30. The molecule has 0 aromatic heterocycles. The predicted molar refractivity (Wildman–Crippen MR) is 102 cm³/mol. The first-order valence-electron chi connectivity index (χ1n) is 8.90. The van der Waals surface area contributed by atoms with Gasteiger partial charge < -0.3 is 10.2 Å². The van der Waals surface area contributed by atoms with Crippen molar-refractivity contribution in [3.63, 3.8) is 0 Å². The number of hydrogen-bond acceptors (Lipinski definition) is 2. The van der Waals surface area contributed by atoms with Gasteiger partial charge in [-0.3, -0.25) is 9.59 Å². The van der Waals surface area contributed by atoms with Crippen LogP contribution in [0.2, 0.25) is 5.02 Å². The molecule has 1 saturated carbocycles. The molecule has 4 nitrogen and oxygen atoms in total. The maximum atomic E-state index is 13.3. The summed E-state index contributed by atoms with van der Waals surface area (Å²) >= 11 is 5.98. The summed E-state index contributed by atoms with van der Waals surface area (Å²) in [5.74, 6) is -0.0769. The zero-order valence-corrected chi connectivity index (χ0v) is 15.4. The molecule has 1 N–H and O–H groups in total. The third-order valence-electron chi connectivity index (χ3n) is 5.74. The Balaban J connectivity index is 1.53. The second kappa shape index (κ2) is 6.13. The number of halogens is 1. The van der Waals surface area contributed by atoms with Crippen molar-refractivity contribution in [3.8, 4) is 0 Å². The molecule has 2 amide bonds. The van der Waals surface area contributed by atoms with Gasteiger partial charge >= 0.3 is 0 Å². The van der Waals surface area contributed by atoms with Gasteiger partial charge in [-0.25, -0.2) is 0 Å². The van der Waals surface area contributed by atoms with Crippen LogP contribution in [0.4, 0.5) is 5.69 Å². The van der Waals surface area contributed by atoms with E-state index in [-0.39, 0.29) is 11.8 Å². The van der Waals surface area contributed by atoms with Crippen LogP contribution in [-0.2, 0) is 15.0 Å². The van der Waals surface area contributed by atoms with E-state index in [0.717, 1.165) is 24.1 Å². The van der Waals surface area contributed by atoms with Crippen molar-refractivity contribution in [2.75, 3.05) is 11.9 Å². The number of nitrogens with one attached hydrogen (secondary N) is 1. The Hall–Kier alpha value is -2.33. The lowest BCUT2D eigenvalue weighted by Gasteiger charge is -2.50. The average Bonchev–Trinajstić information content (AvgIpc) is 3.43. The lowest BCUT2D eigenvalue weighted by molar-refractivity contribution is -0.156. The van der Waals surface area contributed by atoms with E-state index in [9.17, 15) is 9.59 Å². The molecule has 1 saturated heterocycles. The fourth-order valence-electron chi connectivity index (χ4n) is 3.69. The highest BCUT2D eigenvalue weighted by Crippen LogP contribution is 2.52. The van der Waals surface area contributed by atoms with E-state index in [1.165, 1.54) is 0 Å². The minimum atomic E-state index is -0.797. The Morgan fingerprint density at radius 1 is 1.00 bits per heavy atom. The average molecular weight is 369 g/mol. The third-order valence-corrected chi connectivity index (χ3v) is 5.99. The van der Waals surface area contributed by atoms with Gasteiger partial charge in [0.1, 0.15) is 5.54 Å². The van der Waals surface area contributed by atoms with Crippen LogP contribution in [0, 0.1) is 0 Å². The summed E-state index contributed by atoms with van der Waals surface area (Å²) in [5.41, 5.74) is 0.454. The zero-order valence-electron chi connectivity index (χ0n) is 14.7. The minimum Gasteiger partial charge on any atom is -0.327 e. The quantitative estimate of drug-likeness (QED) is 0.886. The van der Waals surface area contributed by atoms with Crippen molar-refractivity contribution < 1.29 is 9.59 Å². The first kappa shape index (κ1) is 17.1. The van der Waals surface area contributed by atoms with Crippen LogP contribution in [0.25, 0.3) is 0 Å². The number of para-hydroxylation sites is 1. The Morgan fingerprint density at radius 2 is 1.65 bits per heavy atom. The zero-order chi connectivity index (χ0) is 18.4. The van der Waals surface area contributed by atoms with E-state index in [1.807, 2.05) is 61.5 Å². The minimum absolute atomic E-state index is 0.0526. The van der Waals surface area contributed by atoms with Gasteiger partial charge in [-0.2, -0.15) is 0 Å². The summed E-state index contributed by atoms with van der Waals surface area (Å²) in [6.45, 7) is 2.47. The number of hydrogen-bond donors (Lipinski definition) is 1. The molecule has 26 heavy (non-hydrogen) atoms. The van der Waals surface area contributed by atoms with Crippen LogP contribution in [0.15, 0.2) is 54.6 Å². The molecule has 5 heteroatoms. The summed E-state index contributed by atoms with van der Waals surface area (Å²) < 4.78 is 0. The highest BCUT2D eigenvalue weighted by atomic mass is 35.5. The van der Waals surface area contributed by atoms with E-state index in [0.29, 0.717) is 18.0 Å². The molecule has 1 aliphatic heterocycles. The third kappa shape index (κ3) is 2.69. The van der Waals surface area contributed by atoms with Gasteiger partial charge in [0.25, 0.3) is 0 Å². The van der Waals surface area contributed by atoms with E-state index in [4.69, 9.17) is 11.6 Å². The molecule has 2 aliphatic rings. The molecule has 0 radical (unpaired) electrons. The smallest absolute Gasteiger partial charge is 0.250 e. The molecule has 0 spiro atoms. The fraction of sp³-hybridized carbons (Fsp3) is 0.333. The predicted octanol–water partition coefficient (Wildman–Crippen LogP) is 4.00. The molecular formula is C21H21ClN2O2. The first-order valence-corrected chi connectivity index (χ1v) is 9.28. The van der Waals surface area contributed by atoms with Crippen molar-refractivity contribution in [3.05, 3.63) is 65.2 Å². The number of carbonyl (C=O) groups excluding carboxylic acids is 2. The Bertz CT molecular complexity index is 846. The monoisotopic (exact) mass is 368 g/mol. The lowest BCUT2D eigenvalue weighted by atomic mass is 9.82. The largest absolute Gasteiger partial charge is 0.327 e. The van der Waals surface area contributed by atoms with Crippen LogP contribution in [0.5, 0.6) is 0 Å². The summed E-state index contributed by atoms with van der Waals surface area (Å²) in [6.07, 6.45) is 2.31. The van der Waals surface area contributed by atoms with Gasteiger partial charge in [-0.1, -0.05) is 41.9 Å². The van der Waals surface area contributed by atoms with Crippen LogP contribution in [0.1, 0.15) is 31.7 Å². The molecule has 0 bridgehead atoms. The maximum absolute atomic E-state index is 13.3. The second-order valence-corrected chi connectivity index (χ2v) is 7.83. The van der Waals surface area contributed by atoms with Crippen molar-refractivity contribution in [1.82, 2.24) is 4.90 Å². The van der Waals surface area contributed by atoms with Crippen molar-refractivity contribution >= 4 is 29.1 Å². The summed E-state index contributed by atoms with van der Waals surface area (Å²) in [6, 6.07) is 16.8. The standard InChI is InChI=1S/C21H21ClN2O2/c1-20(18(25)23-17-5-3-2-4-6-17)13-14-24(20)19(26)21(11-12-21)15-7-9-16(22)10-8-15/h2-10H,11-14H2,1H3,(H,23,25). The first-order chi connectivity index (χ1) is 12.5. The van der Waals surface area contributed by atoms with Gasteiger partial charge in [0, 0.05) is 17.3 Å². The molecule has 4 rings (SSSR count). The van der Waals surface area contributed by atoms with E-state index in [2.05, 4.69) is 5.32 Å². The SMILES string of the molecule is CC1(C(=O)Nc2ccccc2)CCN1C(=O)C1(c2ccc(Cl)cc2)CC1. The van der Waals surface area contributed by atoms with Crippen molar-refractivity contribution in [2.45, 2.75) is 37.1 Å². The molecule has 1 unspecified atom stereocenters. The molecule has 134 valence electrons. The second-order valence-electron chi connectivity index (χ2n) is 7.39. The van der Waals surface area contributed by atoms with Crippen LogP contribution < -0.4 is 5.32 Å². The van der Waals surface area contributed by atoms with Crippen LogP contribution >= 0.6 is 11.6 Å². The topological polar surface area (TPSA) is 49.4 Å². The van der Waals surface area contributed by atoms with Gasteiger partial charge in [-0.05, 0) is 56.0 Å². The van der Waals surface area contributed by atoms with E-state index < -0.39 is 11.0 Å². The van der Waals surface area contributed by atoms with Gasteiger partial charge in [-0.15, -0.1) is 0 Å². The Kier molecular flexibility index (Phi) is 4.03. The highest BCUT2D eigenvalue weighted by Gasteiger charge is 2.59. The number of carbonyl (C=O) groups is 2. The van der Waals surface area contributed by atoms with Crippen molar-refractivity contribution in [2.24, 2.45) is 0 Å². The van der Waals surface area contributed by atoms with E-state index >= 15 is 0 Å². The number of likely N-dealkylation sites (tertiary alicyclic amines) is 1. The number of anilines is 1. The molecule has 2 aromatic carbocycles. The summed E-state index contributed by atoms with van der Waals surface area (Å²) in [4.78, 5) is 27.9. The Morgan fingerprint density at radius 3 is 2.19 bits per heavy atom. The molecule has 2 fully saturated rings. The van der Waals surface area contributed by atoms with E-state index in [1.54, 1.807) is 4.90 Å². The van der Waals surface area contributed by atoms with Crippen LogP contribution in [-0.4, -0.2) is 28.8 Å². The van der Waals surface area contributed by atoms with Crippen molar-refractivity contribution in [1.29, 1.82) is 0 Å². The molecular weight excluding hydrogens is 348 g/mol. The maximum Gasteiger partial charge on any atom is 0.250 e. The lowest BCUT2D eigenvalue weighted by Crippen LogP contribution is -2.67. The normalized spacial score (nSPS) is 23.1. The number of amides is 2. The number of nitrogens with zero attached hydrogens (tertiary/aromatic N) is 1.